The minimum absolute atomic E-state index is 0.148. The van der Waals surface area contributed by atoms with E-state index in [1.807, 2.05) is 0 Å². The fourth-order valence-corrected chi connectivity index (χ4v) is 2.19. The van der Waals surface area contributed by atoms with Crippen LogP contribution in [0.4, 0.5) is 0 Å². The molecule has 0 saturated heterocycles. The molecule has 112 valence electrons. The molecule has 0 fully saturated rings. The predicted molar refractivity (Wildman–Crippen MR) is 82.8 cm³/mol. The summed E-state index contributed by atoms with van der Waals surface area (Å²) in [5.74, 6) is -0.148. The van der Waals surface area contributed by atoms with Crippen LogP contribution >= 0.6 is 0 Å². The molecular formula is C17H27NO2. The van der Waals surface area contributed by atoms with E-state index in [0.29, 0.717) is 6.42 Å². The number of ether oxygens (including phenoxy) is 1. The first kappa shape index (κ1) is 16.7. The SMILES string of the molecule is CCCCCNC(CC(=O)OC)Cc1ccc(C)cc1. The van der Waals surface area contributed by atoms with Gasteiger partial charge in [-0.1, -0.05) is 49.6 Å². The Morgan fingerprint density at radius 3 is 2.55 bits per heavy atom. The number of methoxy groups -OCH3 is 1. The highest BCUT2D eigenvalue weighted by Gasteiger charge is 2.14. The molecule has 0 saturated carbocycles. The molecule has 1 aromatic carbocycles. The zero-order valence-electron chi connectivity index (χ0n) is 12.9. The van der Waals surface area contributed by atoms with Crippen LogP contribution in [0.2, 0.25) is 0 Å². The Kier molecular flexibility index (Phi) is 7.97. The van der Waals surface area contributed by atoms with E-state index in [4.69, 9.17) is 4.74 Å². The van der Waals surface area contributed by atoms with Gasteiger partial charge in [0.15, 0.2) is 0 Å². The molecule has 0 bridgehead atoms. The number of benzene rings is 1. The minimum atomic E-state index is -0.148. The van der Waals surface area contributed by atoms with Crippen LogP contribution in [0.25, 0.3) is 0 Å². The number of unbranched alkanes of at least 4 members (excludes halogenated alkanes) is 2. The molecular weight excluding hydrogens is 250 g/mol. The summed E-state index contributed by atoms with van der Waals surface area (Å²) in [5.41, 5.74) is 2.52. The van der Waals surface area contributed by atoms with E-state index in [-0.39, 0.29) is 12.0 Å². The van der Waals surface area contributed by atoms with Crippen LogP contribution in [0.3, 0.4) is 0 Å². The van der Waals surface area contributed by atoms with E-state index in [0.717, 1.165) is 19.4 Å². The number of carbonyl (C=O) groups excluding carboxylic acids is 1. The predicted octanol–water partition coefficient (Wildman–Crippen LogP) is 3.25. The molecule has 0 aromatic heterocycles. The van der Waals surface area contributed by atoms with Gasteiger partial charge >= 0.3 is 5.97 Å². The molecule has 1 N–H and O–H groups in total. The fraction of sp³-hybridized carbons (Fsp3) is 0.588. The summed E-state index contributed by atoms with van der Waals surface area (Å²) in [6.07, 6.45) is 4.88. The Bertz CT molecular complexity index is 386. The molecule has 0 heterocycles. The minimum Gasteiger partial charge on any atom is -0.469 e. The van der Waals surface area contributed by atoms with Crippen molar-refractivity contribution < 1.29 is 9.53 Å². The van der Waals surface area contributed by atoms with Crippen molar-refractivity contribution in [3.05, 3.63) is 35.4 Å². The molecule has 3 heteroatoms. The maximum atomic E-state index is 11.5. The highest BCUT2D eigenvalue weighted by atomic mass is 16.5. The zero-order chi connectivity index (χ0) is 14.8. The summed E-state index contributed by atoms with van der Waals surface area (Å²) in [5, 5.41) is 3.48. The van der Waals surface area contributed by atoms with Crippen molar-refractivity contribution >= 4 is 5.97 Å². The van der Waals surface area contributed by atoms with Crippen molar-refractivity contribution in [2.24, 2.45) is 0 Å². The van der Waals surface area contributed by atoms with Crippen LogP contribution in [-0.4, -0.2) is 25.7 Å². The van der Waals surface area contributed by atoms with Gasteiger partial charge in [0.25, 0.3) is 0 Å². The third-order valence-electron chi connectivity index (χ3n) is 3.46. The highest BCUT2D eigenvalue weighted by Crippen LogP contribution is 2.09. The van der Waals surface area contributed by atoms with Gasteiger partial charge in [0.1, 0.15) is 0 Å². The van der Waals surface area contributed by atoms with E-state index in [1.165, 1.54) is 31.1 Å². The summed E-state index contributed by atoms with van der Waals surface area (Å²) in [4.78, 5) is 11.5. The van der Waals surface area contributed by atoms with Gasteiger partial charge in [0.05, 0.1) is 13.5 Å². The molecule has 3 nitrogen and oxygen atoms in total. The number of esters is 1. The number of hydrogen-bond acceptors (Lipinski definition) is 3. The van der Waals surface area contributed by atoms with Crippen LogP contribution in [0.5, 0.6) is 0 Å². The summed E-state index contributed by atoms with van der Waals surface area (Å²) in [6, 6.07) is 8.64. The molecule has 1 aromatic rings. The van der Waals surface area contributed by atoms with Crippen LogP contribution in [0.15, 0.2) is 24.3 Å². The van der Waals surface area contributed by atoms with Gasteiger partial charge in [0.2, 0.25) is 0 Å². The third kappa shape index (κ3) is 6.71. The van der Waals surface area contributed by atoms with Crippen LogP contribution in [0.1, 0.15) is 43.7 Å². The van der Waals surface area contributed by atoms with Gasteiger partial charge in [-0.05, 0) is 31.9 Å². The van der Waals surface area contributed by atoms with Crippen LogP contribution in [0, 0.1) is 6.92 Å². The standard InChI is InChI=1S/C17H27NO2/c1-4-5-6-11-18-16(13-17(19)20-3)12-15-9-7-14(2)8-10-15/h7-10,16,18H,4-6,11-13H2,1-3H3. The van der Waals surface area contributed by atoms with Crippen LogP contribution in [-0.2, 0) is 16.0 Å². The summed E-state index contributed by atoms with van der Waals surface area (Å²) in [7, 11) is 1.45. The number of rotatable bonds is 9. The Morgan fingerprint density at radius 1 is 1.25 bits per heavy atom. The normalized spacial score (nSPS) is 12.2. The van der Waals surface area contributed by atoms with Crippen molar-refractivity contribution in [1.29, 1.82) is 0 Å². The largest absolute Gasteiger partial charge is 0.469 e. The van der Waals surface area contributed by atoms with Crippen LogP contribution < -0.4 is 5.32 Å². The fourth-order valence-electron chi connectivity index (χ4n) is 2.19. The molecule has 1 rings (SSSR count). The molecule has 0 aliphatic heterocycles. The first-order chi connectivity index (χ1) is 9.65. The van der Waals surface area contributed by atoms with Crippen molar-refractivity contribution in [3.8, 4) is 0 Å². The maximum absolute atomic E-state index is 11.5. The molecule has 0 aliphatic carbocycles. The third-order valence-corrected chi connectivity index (χ3v) is 3.46. The number of nitrogens with one attached hydrogen (secondary N) is 1. The smallest absolute Gasteiger partial charge is 0.307 e. The van der Waals surface area contributed by atoms with Crippen molar-refractivity contribution in [2.45, 2.75) is 52.0 Å². The van der Waals surface area contributed by atoms with Gasteiger partial charge in [-0.3, -0.25) is 4.79 Å². The number of hydrogen-bond donors (Lipinski definition) is 1. The van der Waals surface area contributed by atoms with E-state index in [2.05, 4.69) is 43.4 Å². The second kappa shape index (κ2) is 9.54. The maximum Gasteiger partial charge on any atom is 0.307 e. The summed E-state index contributed by atoms with van der Waals surface area (Å²) in [6.45, 7) is 5.23. The summed E-state index contributed by atoms with van der Waals surface area (Å²) < 4.78 is 4.79. The molecule has 0 amide bonds. The molecule has 0 aliphatic rings. The lowest BCUT2D eigenvalue weighted by Crippen LogP contribution is -2.34. The average molecular weight is 277 g/mol. The lowest BCUT2D eigenvalue weighted by Gasteiger charge is -2.18. The quantitative estimate of drug-likeness (QED) is 0.556. The first-order valence-corrected chi connectivity index (χ1v) is 7.51. The van der Waals surface area contributed by atoms with Crippen molar-refractivity contribution in [2.75, 3.05) is 13.7 Å². The Hall–Kier alpha value is -1.35. The zero-order valence-corrected chi connectivity index (χ0v) is 12.9. The molecule has 1 atom stereocenters. The van der Waals surface area contributed by atoms with Gasteiger partial charge in [-0.2, -0.15) is 0 Å². The van der Waals surface area contributed by atoms with Gasteiger partial charge < -0.3 is 10.1 Å². The second-order valence-electron chi connectivity index (χ2n) is 5.33. The van der Waals surface area contributed by atoms with Gasteiger partial charge in [-0.15, -0.1) is 0 Å². The van der Waals surface area contributed by atoms with Crippen molar-refractivity contribution in [3.63, 3.8) is 0 Å². The average Bonchev–Trinajstić information content (AvgIpc) is 2.45. The monoisotopic (exact) mass is 277 g/mol. The highest BCUT2D eigenvalue weighted by molar-refractivity contribution is 5.70. The first-order valence-electron chi connectivity index (χ1n) is 7.51. The lowest BCUT2D eigenvalue weighted by molar-refractivity contribution is -0.141. The van der Waals surface area contributed by atoms with E-state index >= 15 is 0 Å². The number of carbonyl (C=O) groups is 1. The molecule has 0 spiro atoms. The second-order valence-corrected chi connectivity index (χ2v) is 5.33. The molecule has 1 unspecified atom stereocenters. The van der Waals surface area contributed by atoms with E-state index < -0.39 is 0 Å². The molecule has 20 heavy (non-hydrogen) atoms. The Labute approximate surface area is 122 Å². The van der Waals surface area contributed by atoms with Gasteiger partial charge in [0, 0.05) is 6.04 Å². The summed E-state index contributed by atoms with van der Waals surface area (Å²) >= 11 is 0. The van der Waals surface area contributed by atoms with E-state index in [9.17, 15) is 4.79 Å². The molecule has 0 radical (unpaired) electrons. The van der Waals surface area contributed by atoms with Gasteiger partial charge in [-0.25, -0.2) is 0 Å². The van der Waals surface area contributed by atoms with Crippen molar-refractivity contribution in [1.82, 2.24) is 5.32 Å². The topological polar surface area (TPSA) is 38.3 Å². The number of aryl methyl sites for hydroxylation is 1. The Morgan fingerprint density at radius 2 is 1.95 bits per heavy atom. The van der Waals surface area contributed by atoms with E-state index in [1.54, 1.807) is 0 Å². The Balaban J connectivity index is 2.52. The lowest BCUT2D eigenvalue weighted by atomic mass is 10.0.